The molecule has 1 heterocycles. The molecule has 1 saturated heterocycles. The van der Waals surface area contributed by atoms with Crippen molar-refractivity contribution in [2.75, 3.05) is 13.1 Å². The highest BCUT2D eigenvalue weighted by Gasteiger charge is 2.73. The Hall–Kier alpha value is -2.90. The van der Waals surface area contributed by atoms with E-state index < -0.39 is 5.41 Å². The van der Waals surface area contributed by atoms with Gasteiger partial charge in [0.1, 0.15) is 12.7 Å². The first kappa shape index (κ1) is 45.9. The Morgan fingerprint density at radius 2 is 1.35 bits per heavy atom. The van der Waals surface area contributed by atoms with E-state index in [1.165, 1.54) is 44.9 Å². The first-order chi connectivity index (χ1) is 30.7. The molecule has 0 radical (unpaired) electrons. The van der Waals surface area contributed by atoms with Crippen molar-refractivity contribution in [3.63, 3.8) is 0 Å². The number of nitrogens with one attached hydrogen (secondary N) is 1. The van der Waals surface area contributed by atoms with Gasteiger partial charge in [0.2, 0.25) is 11.8 Å². The van der Waals surface area contributed by atoms with E-state index in [2.05, 4.69) is 58.7 Å². The Bertz CT molecular complexity index is 2040. The van der Waals surface area contributed by atoms with Gasteiger partial charge in [-0.05, 0) is 177 Å². The molecule has 8 aliphatic carbocycles. The molecular weight excluding hydrogens is 809 g/mol. The summed E-state index contributed by atoms with van der Waals surface area (Å²) in [6.07, 6.45) is 18.3. The van der Waals surface area contributed by atoms with Gasteiger partial charge in [-0.15, -0.1) is 0 Å². The summed E-state index contributed by atoms with van der Waals surface area (Å²) in [5.41, 5.74) is 0.254. The predicted molar refractivity (Wildman–Crippen MR) is 253 cm³/mol. The fourth-order valence-electron chi connectivity index (χ4n) is 18.3. The minimum absolute atomic E-state index is 0.00103. The van der Waals surface area contributed by atoms with Crippen LogP contribution in [-0.2, 0) is 35.3 Å². The van der Waals surface area contributed by atoms with Crippen molar-refractivity contribution in [1.29, 1.82) is 0 Å². The standard InChI is InChI=1S/C57H84N2O6/c1-51(2)40(48(61)64-34-35-16-12-10-13-17-35)32-41(51)49(62)65-45-24-25-54(7)42(53(45,5)6)23-26-56(9)43(54)21-20-38-46-37(36-18-19-36)22-27-57(46,29-28-55(38,56)8)50(63)58-44-33-39(52(44,3)4)47(60)59-30-14-11-15-31-59/h10,12-13,16-17,36-46H,11,14-15,18-34H2,1-9H3,(H,58,63)/t37-,38?,39+,40-,41+,42-,43+,44+,45-,46+,54?,55+,56+,57-/m0/s1. The molecule has 0 aromatic heterocycles. The lowest BCUT2D eigenvalue weighted by Gasteiger charge is -2.73. The van der Waals surface area contributed by atoms with Gasteiger partial charge >= 0.3 is 11.9 Å². The van der Waals surface area contributed by atoms with Gasteiger partial charge in [-0.25, -0.2) is 0 Å². The maximum Gasteiger partial charge on any atom is 0.309 e. The molecule has 9 aliphatic rings. The van der Waals surface area contributed by atoms with Gasteiger partial charge in [-0.1, -0.05) is 92.6 Å². The zero-order chi connectivity index (χ0) is 46.1. The predicted octanol–water partition coefficient (Wildman–Crippen LogP) is 11.3. The van der Waals surface area contributed by atoms with Crippen molar-refractivity contribution < 1.29 is 28.7 Å². The van der Waals surface area contributed by atoms with Crippen LogP contribution in [0.25, 0.3) is 0 Å². The Kier molecular flexibility index (Phi) is 11.2. The quantitative estimate of drug-likeness (QED) is 0.248. The first-order valence-electron chi connectivity index (χ1n) is 26.7. The van der Waals surface area contributed by atoms with Crippen molar-refractivity contribution in [1.82, 2.24) is 10.2 Å². The van der Waals surface area contributed by atoms with Gasteiger partial charge in [0.25, 0.3) is 0 Å². The van der Waals surface area contributed by atoms with E-state index in [0.29, 0.717) is 47.8 Å². The summed E-state index contributed by atoms with van der Waals surface area (Å²) in [5.74, 6) is 3.13. The number of piperidine rings is 1. The Balaban J connectivity index is 0.818. The summed E-state index contributed by atoms with van der Waals surface area (Å²) in [4.78, 5) is 58.3. The molecule has 0 spiro atoms. The lowest BCUT2D eigenvalue weighted by molar-refractivity contribution is -0.252. The van der Waals surface area contributed by atoms with Crippen LogP contribution in [0.3, 0.4) is 0 Å². The number of nitrogens with zero attached hydrogens (tertiary/aromatic N) is 1. The van der Waals surface area contributed by atoms with Crippen molar-refractivity contribution in [3.8, 4) is 0 Å². The van der Waals surface area contributed by atoms with Gasteiger partial charge in [0, 0.05) is 30.5 Å². The maximum atomic E-state index is 15.2. The van der Waals surface area contributed by atoms with Crippen molar-refractivity contribution in [2.45, 2.75) is 190 Å². The average Bonchev–Trinajstić information content (AvgIpc) is 4.04. The van der Waals surface area contributed by atoms with E-state index >= 15 is 4.79 Å². The number of benzene rings is 1. The molecule has 8 saturated carbocycles. The number of carbonyl (C=O) groups is 4. The molecule has 1 aromatic carbocycles. The molecule has 8 nitrogen and oxygen atoms in total. The van der Waals surface area contributed by atoms with Crippen molar-refractivity contribution >= 4 is 23.8 Å². The Morgan fingerprint density at radius 3 is 2.03 bits per heavy atom. The summed E-state index contributed by atoms with van der Waals surface area (Å²) in [5, 5.41) is 3.72. The topological polar surface area (TPSA) is 102 Å². The molecule has 8 heteroatoms. The molecular formula is C57H84N2O6. The van der Waals surface area contributed by atoms with Crippen LogP contribution in [0.5, 0.6) is 0 Å². The first-order valence-corrected chi connectivity index (χ1v) is 26.7. The van der Waals surface area contributed by atoms with Crippen LogP contribution >= 0.6 is 0 Å². The van der Waals surface area contributed by atoms with Crippen molar-refractivity contribution in [3.05, 3.63) is 35.9 Å². The second-order valence-electron chi connectivity index (χ2n) is 26.5. The largest absolute Gasteiger partial charge is 0.462 e. The maximum absolute atomic E-state index is 15.2. The van der Waals surface area contributed by atoms with Crippen LogP contribution in [0.1, 0.15) is 177 Å². The number of rotatable bonds is 9. The van der Waals surface area contributed by atoms with Crippen LogP contribution in [0.4, 0.5) is 0 Å². The van der Waals surface area contributed by atoms with E-state index in [1.54, 1.807) is 0 Å². The lowest BCUT2D eigenvalue weighted by atomic mass is 9.32. The third kappa shape index (κ3) is 6.88. The number of hydrogen-bond donors (Lipinski definition) is 1. The van der Waals surface area contributed by atoms with Crippen LogP contribution in [0, 0.1) is 91.2 Å². The zero-order valence-corrected chi connectivity index (χ0v) is 41.8. The number of amides is 2. The summed E-state index contributed by atoms with van der Waals surface area (Å²) in [7, 11) is 0. The highest BCUT2D eigenvalue weighted by atomic mass is 16.5. The fraction of sp³-hybridized carbons (Fsp3) is 0.825. The number of ether oxygens (including phenoxy) is 2. The van der Waals surface area contributed by atoms with Crippen LogP contribution in [-0.4, -0.2) is 53.9 Å². The van der Waals surface area contributed by atoms with Crippen LogP contribution in [0.15, 0.2) is 30.3 Å². The van der Waals surface area contributed by atoms with Gasteiger partial charge in [-0.2, -0.15) is 0 Å². The second-order valence-corrected chi connectivity index (χ2v) is 26.5. The number of hydrogen-bond acceptors (Lipinski definition) is 6. The molecule has 9 fully saturated rings. The van der Waals surface area contributed by atoms with Crippen LogP contribution in [0.2, 0.25) is 0 Å². The van der Waals surface area contributed by atoms with Crippen molar-refractivity contribution in [2.24, 2.45) is 91.2 Å². The highest BCUT2D eigenvalue weighted by Crippen LogP contribution is 2.78. The van der Waals surface area contributed by atoms with Gasteiger partial charge in [-0.3, -0.25) is 19.2 Å². The minimum Gasteiger partial charge on any atom is -0.462 e. The molecule has 1 N–H and O–H groups in total. The molecule has 1 aliphatic heterocycles. The smallest absolute Gasteiger partial charge is 0.309 e. The lowest BCUT2D eigenvalue weighted by Crippen LogP contribution is -2.68. The molecule has 65 heavy (non-hydrogen) atoms. The van der Waals surface area contributed by atoms with E-state index in [0.717, 1.165) is 82.4 Å². The molecule has 358 valence electrons. The second kappa shape index (κ2) is 15.8. The molecule has 14 atom stereocenters. The third-order valence-electron chi connectivity index (χ3n) is 23.0. The SMILES string of the molecule is CC1(C)[C@@H](C(=O)N2CCCCC2)C[C@H]1NC(=O)[C@]12CC[C@@H](C3CC3)[C@@H]1C1CC[C@@H]3C4(C)CC[C@H](OC(=O)[C@H]5C[C@@H](C(=O)OCc6ccccc6)C5(C)C)C(C)(C)[C@@H]4CC[C@@]3(C)[C@]1(C)CC2. The Labute approximate surface area is 391 Å². The Morgan fingerprint density at radius 1 is 0.646 bits per heavy atom. The molecule has 10 rings (SSSR count). The van der Waals surface area contributed by atoms with E-state index in [9.17, 15) is 14.4 Å². The van der Waals surface area contributed by atoms with Crippen LogP contribution < -0.4 is 5.32 Å². The summed E-state index contributed by atoms with van der Waals surface area (Å²) >= 11 is 0. The van der Waals surface area contributed by atoms with Gasteiger partial charge in [0.15, 0.2) is 0 Å². The number of esters is 2. The average molecular weight is 893 g/mol. The van der Waals surface area contributed by atoms with E-state index in [1.807, 2.05) is 44.2 Å². The zero-order valence-electron chi connectivity index (χ0n) is 41.8. The summed E-state index contributed by atoms with van der Waals surface area (Å²) < 4.78 is 12.4. The van der Waals surface area contributed by atoms with Gasteiger partial charge in [0.05, 0.1) is 17.3 Å². The molecule has 1 aromatic rings. The van der Waals surface area contributed by atoms with Gasteiger partial charge < -0.3 is 19.7 Å². The normalized spacial score (nSPS) is 44.4. The number of fused-ring (bicyclic) bond motifs is 7. The minimum atomic E-state index is -0.515. The third-order valence-corrected chi connectivity index (χ3v) is 23.0. The fourth-order valence-corrected chi connectivity index (χ4v) is 18.3. The highest BCUT2D eigenvalue weighted by molar-refractivity contribution is 5.86. The summed E-state index contributed by atoms with van der Waals surface area (Å²) in [6, 6.07) is 9.84. The summed E-state index contributed by atoms with van der Waals surface area (Å²) in [6.45, 7) is 23.3. The molecule has 0 bridgehead atoms. The number of carbonyl (C=O) groups excluding carboxylic acids is 4. The van der Waals surface area contributed by atoms with E-state index in [4.69, 9.17) is 9.47 Å². The monoisotopic (exact) mass is 893 g/mol. The molecule has 2 amide bonds. The van der Waals surface area contributed by atoms with E-state index in [-0.39, 0.29) is 80.9 Å². The molecule has 2 unspecified atom stereocenters. The number of likely N-dealkylation sites (tertiary alicyclic amines) is 1.